The third kappa shape index (κ3) is 4.50. The zero-order valence-corrected chi connectivity index (χ0v) is 17.7. The molecule has 7 heteroatoms. The number of carbonyl (C=O) groups is 1. The van der Waals surface area contributed by atoms with Gasteiger partial charge >= 0.3 is 0 Å². The summed E-state index contributed by atoms with van der Waals surface area (Å²) in [7, 11) is 0. The SMILES string of the molecule is Cc1ccc(-c2ccc(=O)n(CC(=O)N3CCN(c4ccccc4F)CC3)n2)cc1C. The van der Waals surface area contributed by atoms with E-state index in [4.69, 9.17) is 0 Å². The van der Waals surface area contributed by atoms with E-state index in [-0.39, 0.29) is 23.8 Å². The fourth-order valence-corrected chi connectivity index (χ4v) is 3.75. The highest BCUT2D eigenvalue weighted by molar-refractivity contribution is 5.76. The van der Waals surface area contributed by atoms with Crippen molar-refractivity contribution in [2.24, 2.45) is 0 Å². The number of nitrogens with zero attached hydrogens (tertiary/aromatic N) is 4. The fraction of sp³-hybridized carbons (Fsp3) is 0.292. The number of benzene rings is 2. The lowest BCUT2D eigenvalue weighted by atomic mass is 10.0. The van der Waals surface area contributed by atoms with Crippen LogP contribution in [0.2, 0.25) is 0 Å². The van der Waals surface area contributed by atoms with Crippen molar-refractivity contribution in [3.63, 3.8) is 0 Å². The zero-order chi connectivity index (χ0) is 22.0. The van der Waals surface area contributed by atoms with Crippen LogP contribution in [-0.2, 0) is 11.3 Å². The first-order chi connectivity index (χ1) is 14.9. The van der Waals surface area contributed by atoms with E-state index >= 15 is 0 Å². The van der Waals surface area contributed by atoms with E-state index < -0.39 is 0 Å². The van der Waals surface area contributed by atoms with Crippen molar-refractivity contribution >= 4 is 11.6 Å². The number of halogens is 1. The van der Waals surface area contributed by atoms with Gasteiger partial charge in [-0.3, -0.25) is 9.59 Å². The third-order valence-electron chi connectivity index (χ3n) is 5.78. The van der Waals surface area contributed by atoms with Crippen molar-refractivity contribution in [3.05, 3.63) is 81.9 Å². The number of aryl methyl sites for hydroxylation is 2. The molecule has 0 bridgehead atoms. The summed E-state index contributed by atoms with van der Waals surface area (Å²) in [6, 6.07) is 15.8. The van der Waals surface area contributed by atoms with Crippen LogP contribution in [0.15, 0.2) is 59.4 Å². The first-order valence-electron chi connectivity index (χ1n) is 10.4. The van der Waals surface area contributed by atoms with Gasteiger partial charge in [0.05, 0.1) is 11.4 Å². The molecular formula is C24H25FN4O2. The molecule has 2 heterocycles. The van der Waals surface area contributed by atoms with Crippen LogP contribution < -0.4 is 10.5 Å². The molecule has 0 saturated carbocycles. The maximum Gasteiger partial charge on any atom is 0.267 e. The highest BCUT2D eigenvalue weighted by Gasteiger charge is 2.23. The van der Waals surface area contributed by atoms with Crippen LogP contribution in [0.3, 0.4) is 0 Å². The Kier molecular flexibility index (Phi) is 5.84. The van der Waals surface area contributed by atoms with Crippen LogP contribution >= 0.6 is 0 Å². The molecule has 1 aliphatic heterocycles. The van der Waals surface area contributed by atoms with E-state index in [2.05, 4.69) is 5.10 Å². The Morgan fingerprint density at radius 2 is 1.71 bits per heavy atom. The summed E-state index contributed by atoms with van der Waals surface area (Å²) in [5.41, 5.74) is 4.12. The van der Waals surface area contributed by atoms with Crippen LogP contribution in [-0.4, -0.2) is 46.8 Å². The molecule has 1 fully saturated rings. The Labute approximate surface area is 180 Å². The average Bonchev–Trinajstić information content (AvgIpc) is 2.77. The lowest BCUT2D eigenvalue weighted by molar-refractivity contribution is -0.132. The number of amides is 1. The molecule has 4 rings (SSSR count). The highest BCUT2D eigenvalue weighted by Crippen LogP contribution is 2.21. The van der Waals surface area contributed by atoms with E-state index in [9.17, 15) is 14.0 Å². The molecule has 1 amide bonds. The largest absolute Gasteiger partial charge is 0.366 e. The summed E-state index contributed by atoms with van der Waals surface area (Å²) in [5, 5.41) is 4.42. The molecule has 2 aromatic carbocycles. The van der Waals surface area contributed by atoms with E-state index in [1.807, 2.05) is 36.9 Å². The molecule has 6 nitrogen and oxygen atoms in total. The molecule has 3 aromatic rings. The fourth-order valence-electron chi connectivity index (χ4n) is 3.75. The second-order valence-electron chi connectivity index (χ2n) is 7.83. The number of hydrogen-bond donors (Lipinski definition) is 0. The van der Waals surface area contributed by atoms with Crippen LogP contribution in [0.5, 0.6) is 0 Å². The summed E-state index contributed by atoms with van der Waals surface area (Å²) in [4.78, 5) is 28.7. The Bertz CT molecular complexity index is 1170. The first kappa shape index (κ1) is 20.8. The predicted octanol–water partition coefficient (Wildman–Crippen LogP) is 3.02. The van der Waals surface area contributed by atoms with Gasteiger partial charge in [0.2, 0.25) is 5.91 Å². The predicted molar refractivity (Wildman–Crippen MR) is 119 cm³/mol. The van der Waals surface area contributed by atoms with Gasteiger partial charge in [0, 0.05) is 37.8 Å². The first-order valence-corrected chi connectivity index (χ1v) is 10.4. The topological polar surface area (TPSA) is 58.4 Å². The molecule has 0 N–H and O–H groups in total. The summed E-state index contributed by atoms with van der Waals surface area (Å²) in [5.74, 6) is -0.429. The normalized spacial score (nSPS) is 14.0. The lowest BCUT2D eigenvalue weighted by Crippen LogP contribution is -2.50. The van der Waals surface area contributed by atoms with Gasteiger partial charge in [0.15, 0.2) is 0 Å². The summed E-state index contributed by atoms with van der Waals surface area (Å²) in [6.45, 7) is 5.97. The second kappa shape index (κ2) is 8.71. The Balaban J connectivity index is 1.45. The van der Waals surface area contributed by atoms with Gasteiger partial charge in [-0.15, -0.1) is 0 Å². The molecule has 0 spiro atoms. The van der Waals surface area contributed by atoms with Crippen LogP contribution in [0.25, 0.3) is 11.3 Å². The monoisotopic (exact) mass is 420 g/mol. The molecule has 0 atom stereocenters. The van der Waals surface area contributed by atoms with Crippen molar-refractivity contribution in [2.75, 3.05) is 31.1 Å². The van der Waals surface area contributed by atoms with Gasteiger partial charge in [-0.1, -0.05) is 24.3 Å². The van der Waals surface area contributed by atoms with Crippen molar-refractivity contribution in [1.29, 1.82) is 0 Å². The highest BCUT2D eigenvalue weighted by atomic mass is 19.1. The Hall–Kier alpha value is -3.48. The Morgan fingerprint density at radius 3 is 2.42 bits per heavy atom. The van der Waals surface area contributed by atoms with Crippen LogP contribution in [0, 0.1) is 19.7 Å². The van der Waals surface area contributed by atoms with Gasteiger partial charge in [-0.25, -0.2) is 9.07 Å². The van der Waals surface area contributed by atoms with Gasteiger partial charge in [0.1, 0.15) is 12.4 Å². The minimum absolute atomic E-state index is 0.114. The van der Waals surface area contributed by atoms with Crippen molar-refractivity contribution in [1.82, 2.24) is 14.7 Å². The van der Waals surface area contributed by atoms with E-state index in [1.54, 1.807) is 29.2 Å². The number of aromatic nitrogens is 2. The standard InChI is InChI=1S/C24H25FN4O2/c1-17-7-8-19(15-18(17)2)21-9-10-23(30)29(26-21)16-24(31)28-13-11-27(12-14-28)22-6-4-3-5-20(22)25/h3-10,15H,11-14,16H2,1-2H3. The lowest BCUT2D eigenvalue weighted by Gasteiger charge is -2.36. The second-order valence-corrected chi connectivity index (χ2v) is 7.83. The Morgan fingerprint density at radius 1 is 0.968 bits per heavy atom. The third-order valence-corrected chi connectivity index (χ3v) is 5.78. The van der Waals surface area contributed by atoms with E-state index in [1.165, 1.54) is 22.4 Å². The molecule has 160 valence electrons. The molecule has 1 saturated heterocycles. The summed E-state index contributed by atoms with van der Waals surface area (Å²) in [6.07, 6.45) is 0. The van der Waals surface area contributed by atoms with Crippen LogP contribution in [0.4, 0.5) is 10.1 Å². The quantitative estimate of drug-likeness (QED) is 0.651. The molecule has 0 aliphatic carbocycles. The molecular weight excluding hydrogens is 395 g/mol. The van der Waals surface area contributed by atoms with Gasteiger partial charge < -0.3 is 9.80 Å². The molecule has 31 heavy (non-hydrogen) atoms. The van der Waals surface area contributed by atoms with E-state index in [0.29, 0.717) is 37.6 Å². The smallest absolute Gasteiger partial charge is 0.267 e. The van der Waals surface area contributed by atoms with E-state index in [0.717, 1.165) is 11.1 Å². The van der Waals surface area contributed by atoms with Crippen molar-refractivity contribution in [2.45, 2.75) is 20.4 Å². The molecule has 0 unspecified atom stereocenters. The maximum atomic E-state index is 14.0. The number of piperazine rings is 1. The molecule has 1 aliphatic rings. The van der Waals surface area contributed by atoms with Crippen molar-refractivity contribution < 1.29 is 9.18 Å². The molecule has 0 radical (unpaired) electrons. The average molecular weight is 420 g/mol. The van der Waals surface area contributed by atoms with Gasteiger partial charge in [-0.05, 0) is 49.2 Å². The minimum Gasteiger partial charge on any atom is -0.366 e. The van der Waals surface area contributed by atoms with Crippen LogP contribution in [0.1, 0.15) is 11.1 Å². The van der Waals surface area contributed by atoms with Crippen molar-refractivity contribution in [3.8, 4) is 11.3 Å². The maximum absolute atomic E-state index is 14.0. The van der Waals surface area contributed by atoms with Gasteiger partial charge in [0.25, 0.3) is 5.56 Å². The number of anilines is 1. The summed E-state index contributed by atoms with van der Waals surface area (Å²) >= 11 is 0. The zero-order valence-electron chi connectivity index (χ0n) is 17.7. The van der Waals surface area contributed by atoms with Gasteiger partial charge in [-0.2, -0.15) is 5.10 Å². The summed E-state index contributed by atoms with van der Waals surface area (Å²) < 4.78 is 15.2. The number of hydrogen-bond acceptors (Lipinski definition) is 4. The minimum atomic E-state index is -0.314. The number of para-hydroxylation sites is 1. The number of rotatable bonds is 4. The number of carbonyl (C=O) groups excluding carboxylic acids is 1. The molecule has 1 aromatic heterocycles.